The normalized spacial score (nSPS) is 15.2. The fourth-order valence-corrected chi connectivity index (χ4v) is 2.09. The molecule has 2 nitrogen and oxygen atoms in total. The summed E-state index contributed by atoms with van der Waals surface area (Å²) in [4.78, 5) is 0. The summed E-state index contributed by atoms with van der Waals surface area (Å²) >= 11 is 0. The predicted molar refractivity (Wildman–Crippen MR) is 57.9 cm³/mol. The maximum atomic E-state index is 8.90. The summed E-state index contributed by atoms with van der Waals surface area (Å²) in [5.74, 6) is 0. The molecular formula is C10H21NOSi. The standard InChI is InChI=1S/C10H21NOSi/c1-10(2,3)7-9(8-11)12-13(4,5)6/h9H,7H2,1-6H3. The monoisotopic (exact) mass is 199 g/mol. The molecule has 1 unspecified atom stereocenters. The van der Waals surface area contributed by atoms with Crippen LogP contribution < -0.4 is 0 Å². The minimum absolute atomic E-state index is 0.167. The van der Waals surface area contributed by atoms with Crippen molar-refractivity contribution >= 4 is 8.32 Å². The number of hydrogen-bond donors (Lipinski definition) is 0. The molecule has 0 amide bonds. The number of nitrogens with zero attached hydrogens (tertiary/aromatic N) is 1. The van der Waals surface area contributed by atoms with Crippen LogP contribution in [-0.2, 0) is 4.43 Å². The second-order valence-electron chi connectivity index (χ2n) is 5.61. The predicted octanol–water partition coefficient (Wildman–Crippen LogP) is 3.17. The average Bonchev–Trinajstić information content (AvgIpc) is 1.79. The van der Waals surface area contributed by atoms with Crippen molar-refractivity contribution in [2.45, 2.75) is 52.9 Å². The van der Waals surface area contributed by atoms with Crippen LogP contribution in [0.2, 0.25) is 19.6 Å². The van der Waals surface area contributed by atoms with E-state index in [1.807, 2.05) is 0 Å². The highest BCUT2D eigenvalue weighted by atomic mass is 28.4. The Kier molecular flexibility index (Phi) is 4.14. The number of hydrogen-bond acceptors (Lipinski definition) is 2. The lowest BCUT2D eigenvalue weighted by Crippen LogP contribution is -2.33. The van der Waals surface area contributed by atoms with Gasteiger partial charge in [-0.2, -0.15) is 5.26 Å². The summed E-state index contributed by atoms with van der Waals surface area (Å²) in [6, 6.07) is 2.23. The van der Waals surface area contributed by atoms with Gasteiger partial charge in [0, 0.05) is 0 Å². The molecular weight excluding hydrogens is 178 g/mol. The Labute approximate surface area is 83.0 Å². The summed E-state index contributed by atoms with van der Waals surface area (Å²) in [6.07, 6.45) is 0.583. The van der Waals surface area contributed by atoms with Gasteiger partial charge in [0.1, 0.15) is 6.10 Å². The van der Waals surface area contributed by atoms with E-state index in [0.717, 1.165) is 6.42 Å². The first-order valence-corrected chi connectivity index (χ1v) is 8.12. The van der Waals surface area contributed by atoms with Crippen molar-refractivity contribution in [3.63, 3.8) is 0 Å². The molecule has 0 aromatic rings. The van der Waals surface area contributed by atoms with E-state index in [4.69, 9.17) is 9.69 Å². The SMILES string of the molecule is CC(C)(C)CC(C#N)O[Si](C)(C)C. The molecule has 0 rings (SSSR count). The fourth-order valence-electron chi connectivity index (χ4n) is 1.10. The zero-order valence-corrected chi connectivity index (χ0v) is 10.6. The Morgan fingerprint density at radius 2 is 1.77 bits per heavy atom. The van der Waals surface area contributed by atoms with Gasteiger partial charge in [-0.3, -0.25) is 0 Å². The summed E-state index contributed by atoms with van der Waals surface area (Å²) in [7, 11) is -1.56. The van der Waals surface area contributed by atoms with E-state index < -0.39 is 8.32 Å². The molecule has 0 spiro atoms. The third-order valence-electron chi connectivity index (χ3n) is 1.44. The fraction of sp³-hybridized carbons (Fsp3) is 0.900. The summed E-state index contributed by atoms with van der Waals surface area (Å²) in [6.45, 7) is 12.7. The van der Waals surface area contributed by atoms with E-state index in [1.54, 1.807) is 0 Å². The van der Waals surface area contributed by atoms with Crippen LogP contribution >= 0.6 is 0 Å². The van der Waals surface area contributed by atoms with Gasteiger partial charge in [0.25, 0.3) is 0 Å². The van der Waals surface area contributed by atoms with Crippen LogP contribution in [0.25, 0.3) is 0 Å². The molecule has 0 saturated heterocycles. The molecule has 0 N–H and O–H groups in total. The van der Waals surface area contributed by atoms with Crippen molar-refractivity contribution in [3.05, 3.63) is 0 Å². The van der Waals surface area contributed by atoms with Crippen molar-refractivity contribution in [2.75, 3.05) is 0 Å². The van der Waals surface area contributed by atoms with Crippen molar-refractivity contribution in [3.8, 4) is 6.07 Å². The Morgan fingerprint density at radius 3 is 2.00 bits per heavy atom. The van der Waals surface area contributed by atoms with E-state index in [0.29, 0.717) is 0 Å². The second-order valence-corrected chi connectivity index (χ2v) is 10.1. The molecule has 0 aliphatic rings. The topological polar surface area (TPSA) is 33.0 Å². The highest BCUT2D eigenvalue weighted by Crippen LogP contribution is 2.23. The Morgan fingerprint density at radius 1 is 1.31 bits per heavy atom. The van der Waals surface area contributed by atoms with Gasteiger partial charge in [0.2, 0.25) is 0 Å². The molecule has 0 bridgehead atoms. The summed E-state index contributed by atoms with van der Waals surface area (Å²) in [5, 5.41) is 8.90. The molecule has 76 valence electrons. The van der Waals surface area contributed by atoms with Gasteiger partial charge in [-0.15, -0.1) is 0 Å². The van der Waals surface area contributed by atoms with Crippen LogP contribution in [0.5, 0.6) is 0 Å². The maximum Gasteiger partial charge on any atom is 0.185 e. The lowest BCUT2D eigenvalue weighted by molar-refractivity contribution is 0.183. The van der Waals surface area contributed by atoms with Gasteiger partial charge in [-0.05, 0) is 31.5 Å². The van der Waals surface area contributed by atoms with Crippen molar-refractivity contribution in [1.29, 1.82) is 5.26 Å². The van der Waals surface area contributed by atoms with Crippen LogP contribution in [-0.4, -0.2) is 14.4 Å². The zero-order chi connectivity index (χ0) is 10.7. The molecule has 0 aromatic carbocycles. The molecule has 0 saturated carbocycles. The van der Waals surface area contributed by atoms with Crippen molar-refractivity contribution < 1.29 is 4.43 Å². The van der Waals surface area contributed by atoms with Crippen molar-refractivity contribution in [1.82, 2.24) is 0 Å². The Balaban J connectivity index is 4.16. The van der Waals surface area contributed by atoms with Gasteiger partial charge >= 0.3 is 0 Å². The first-order chi connectivity index (χ1) is 5.64. The maximum absolute atomic E-state index is 8.90. The first kappa shape index (κ1) is 12.7. The van der Waals surface area contributed by atoms with Crippen LogP contribution in [0, 0.1) is 16.7 Å². The molecule has 0 radical (unpaired) electrons. The van der Waals surface area contributed by atoms with E-state index in [9.17, 15) is 0 Å². The number of nitriles is 1. The Bertz CT molecular complexity index is 178. The highest BCUT2D eigenvalue weighted by molar-refractivity contribution is 6.69. The first-order valence-electron chi connectivity index (χ1n) is 4.71. The average molecular weight is 199 g/mol. The molecule has 0 aliphatic carbocycles. The molecule has 3 heteroatoms. The third-order valence-corrected chi connectivity index (χ3v) is 2.43. The molecule has 1 atom stereocenters. The molecule has 0 fully saturated rings. The smallest absolute Gasteiger partial charge is 0.185 e. The largest absolute Gasteiger partial charge is 0.402 e. The van der Waals surface area contributed by atoms with E-state index in [-0.39, 0.29) is 11.5 Å². The van der Waals surface area contributed by atoms with E-state index >= 15 is 0 Å². The lowest BCUT2D eigenvalue weighted by atomic mass is 9.90. The Hall–Kier alpha value is -0.333. The van der Waals surface area contributed by atoms with Crippen LogP contribution in [0.15, 0.2) is 0 Å². The molecule has 0 aromatic heterocycles. The highest BCUT2D eigenvalue weighted by Gasteiger charge is 2.24. The minimum atomic E-state index is -1.56. The van der Waals surface area contributed by atoms with Gasteiger partial charge in [-0.1, -0.05) is 20.8 Å². The van der Waals surface area contributed by atoms with Crippen LogP contribution in [0.4, 0.5) is 0 Å². The van der Waals surface area contributed by atoms with Gasteiger partial charge in [0.05, 0.1) is 6.07 Å². The van der Waals surface area contributed by atoms with E-state index in [1.165, 1.54) is 0 Å². The van der Waals surface area contributed by atoms with Gasteiger partial charge in [0.15, 0.2) is 8.32 Å². The van der Waals surface area contributed by atoms with E-state index in [2.05, 4.69) is 46.5 Å². The minimum Gasteiger partial charge on any atom is -0.402 e. The van der Waals surface area contributed by atoms with Crippen LogP contribution in [0.3, 0.4) is 0 Å². The second kappa shape index (κ2) is 4.25. The van der Waals surface area contributed by atoms with Crippen molar-refractivity contribution in [2.24, 2.45) is 5.41 Å². The summed E-state index contributed by atoms with van der Waals surface area (Å²) in [5.41, 5.74) is 0.167. The molecule has 0 heterocycles. The lowest BCUT2D eigenvalue weighted by Gasteiger charge is -2.26. The van der Waals surface area contributed by atoms with Gasteiger partial charge in [-0.25, -0.2) is 0 Å². The quantitative estimate of drug-likeness (QED) is 0.654. The molecule has 13 heavy (non-hydrogen) atoms. The summed E-state index contributed by atoms with van der Waals surface area (Å²) < 4.78 is 5.74. The van der Waals surface area contributed by atoms with Crippen LogP contribution in [0.1, 0.15) is 27.2 Å². The number of rotatable bonds is 3. The van der Waals surface area contributed by atoms with Gasteiger partial charge < -0.3 is 4.43 Å². The third kappa shape index (κ3) is 8.01. The molecule has 0 aliphatic heterocycles. The zero-order valence-electron chi connectivity index (χ0n) is 9.64.